The van der Waals surface area contributed by atoms with Gasteiger partial charge < -0.3 is 5.32 Å². The molecule has 1 amide bonds. The zero-order chi connectivity index (χ0) is 18.6. The fourth-order valence-electron chi connectivity index (χ4n) is 3.90. The summed E-state index contributed by atoms with van der Waals surface area (Å²) < 4.78 is 25.4. The monoisotopic (exact) mass is 413 g/mol. The third-order valence-electron chi connectivity index (χ3n) is 5.03. The van der Waals surface area contributed by atoms with E-state index in [1.54, 1.807) is 22.9 Å². The highest BCUT2D eigenvalue weighted by Gasteiger charge is 2.38. The molecule has 1 aromatic carbocycles. The number of halogens is 2. The Balaban J connectivity index is 1.86. The van der Waals surface area contributed by atoms with Gasteiger partial charge in [0.05, 0.1) is 23.2 Å². The van der Waals surface area contributed by atoms with Crippen molar-refractivity contribution >= 4 is 44.8 Å². The lowest BCUT2D eigenvalue weighted by Crippen LogP contribution is -2.26. The first kappa shape index (κ1) is 17.8. The van der Waals surface area contributed by atoms with E-state index in [0.29, 0.717) is 27.8 Å². The number of aryl methyl sites for hydroxylation is 1. The minimum atomic E-state index is -3.07. The zero-order valence-corrected chi connectivity index (χ0v) is 16.3. The molecule has 1 fully saturated rings. The van der Waals surface area contributed by atoms with Gasteiger partial charge in [-0.25, -0.2) is 13.1 Å². The number of benzene rings is 1. The Kier molecular flexibility index (Phi) is 4.28. The van der Waals surface area contributed by atoms with E-state index < -0.39 is 9.84 Å². The fourth-order valence-corrected chi connectivity index (χ4v) is 6.25. The smallest absolute Gasteiger partial charge is 0.226 e. The quantitative estimate of drug-likeness (QED) is 0.818. The third kappa shape index (κ3) is 2.92. The van der Waals surface area contributed by atoms with Crippen LogP contribution in [0.1, 0.15) is 41.6 Å². The number of carbonyl (C=O) groups excluding carboxylic acids is 1. The van der Waals surface area contributed by atoms with Crippen LogP contribution in [0.25, 0.3) is 0 Å². The molecule has 26 heavy (non-hydrogen) atoms. The molecular weight excluding hydrogens is 397 g/mol. The highest BCUT2D eigenvalue weighted by atomic mass is 35.5. The van der Waals surface area contributed by atoms with Crippen molar-refractivity contribution in [3.05, 3.63) is 45.1 Å². The summed E-state index contributed by atoms with van der Waals surface area (Å²) in [5.41, 5.74) is 2.29. The van der Waals surface area contributed by atoms with Crippen LogP contribution in [0.3, 0.4) is 0 Å². The van der Waals surface area contributed by atoms with Crippen LogP contribution in [0.15, 0.2) is 18.2 Å². The number of sulfone groups is 1. The summed E-state index contributed by atoms with van der Waals surface area (Å²) in [6.07, 6.45) is 0.704. The molecule has 1 saturated heterocycles. The van der Waals surface area contributed by atoms with Gasteiger partial charge in [-0.1, -0.05) is 29.3 Å². The number of hydrogen-bond acceptors (Lipinski definition) is 4. The first-order valence-corrected chi connectivity index (χ1v) is 10.9. The van der Waals surface area contributed by atoms with E-state index >= 15 is 0 Å². The van der Waals surface area contributed by atoms with E-state index in [2.05, 4.69) is 10.4 Å². The van der Waals surface area contributed by atoms with Crippen molar-refractivity contribution in [2.24, 2.45) is 0 Å². The second-order valence-corrected chi connectivity index (χ2v) is 9.83. The summed E-state index contributed by atoms with van der Waals surface area (Å²) in [7, 11) is -3.07. The Morgan fingerprint density at radius 2 is 1.92 bits per heavy atom. The first-order valence-electron chi connectivity index (χ1n) is 8.30. The molecule has 2 atom stereocenters. The van der Waals surface area contributed by atoms with E-state index in [9.17, 15) is 13.2 Å². The van der Waals surface area contributed by atoms with Crippen molar-refractivity contribution in [1.82, 2.24) is 9.78 Å². The van der Waals surface area contributed by atoms with E-state index in [4.69, 9.17) is 23.2 Å². The molecule has 9 heteroatoms. The number of amides is 1. The standard InChI is InChI=1S/C17H17Cl2N3O3S/c1-9-15-11(16-12(18)3-2-4-13(16)19)7-14(23)20-17(15)22(21-9)10-5-6-26(24,25)8-10/h2-4,10-11H,5-8H2,1H3,(H,20,23). The number of hydrogen-bond donors (Lipinski definition) is 1. The second kappa shape index (κ2) is 6.25. The maximum absolute atomic E-state index is 12.4. The van der Waals surface area contributed by atoms with E-state index in [0.717, 1.165) is 11.3 Å². The number of aromatic nitrogens is 2. The number of fused-ring (bicyclic) bond motifs is 1. The fraction of sp³-hybridized carbons (Fsp3) is 0.412. The van der Waals surface area contributed by atoms with Crippen LogP contribution in [0.2, 0.25) is 10.0 Å². The predicted molar refractivity (Wildman–Crippen MR) is 101 cm³/mol. The molecule has 4 rings (SSSR count). The molecule has 0 spiro atoms. The van der Waals surface area contributed by atoms with E-state index in [1.165, 1.54) is 0 Å². The van der Waals surface area contributed by atoms with Gasteiger partial charge >= 0.3 is 0 Å². The van der Waals surface area contributed by atoms with Gasteiger partial charge in [0.1, 0.15) is 5.82 Å². The Bertz CT molecular complexity index is 996. The van der Waals surface area contributed by atoms with Crippen molar-refractivity contribution in [1.29, 1.82) is 0 Å². The molecule has 1 aromatic heterocycles. The molecule has 3 heterocycles. The van der Waals surface area contributed by atoms with Crippen LogP contribution in [-0.4, -0.2) is 35.6 Å². The average molecular weight is 414 g/mol. The highest BCUT2D eigenvalue weighted by molar-refractivity contribution is 7.91. The Morgan fingerprint density at radius 1 is 1.23 bits per heavy atom. The SMILES string of the molecule is Cc1nn(C2CCS(=O)(=O)C2)c2c1C(c1c(Cl)cccc1Cl)CC(=O)N2. The molecule has 2 unspecified atom stereocenters. The Morgan fingerprint density at radius 3 is 2.54 bits per heavy atom. The second-order valence-electron chi connectivity index (χ2n) is 6.79. The van der Waals surface area contributed by atoms with Gasteiger partial charge in [-0.05, 0) is 31.0 Å². The number of rotatable bonds is 2. The molecular formula is C17H17Cl2N3O3S. The van der Waals surface area contributed by atoms with Crippen LogP contribution < -0.4 is 5.32 Å². The number of nitrogens with zero attached hydrogens (tertiary/aromatic N) is 2. The van der Waals surface area contributed by atoms with Crippen LogP contribution >= 0.6 is 23.2 Å². The van der Waals surface area contributed by atoms with Gasteiger partial charge in [0.2, 0.25) is 5.91 Å². The van der Waals surface area contributed by atoms with Crippen LogP contribution in [0.5, 0.6) is 0 Å². The molecule has 2 aromatic rings. The normalized spacial score (nSPS) is 24.3. The van der Waals surface area contributed by atoms with Crippen molar-refractivity contribution in [2.75, 3.05) is 16.8 Å². The number of nitrogens with one attached hydrogen (secondary N) is 1. The maximum Gasteiger partial charge on any atom is 0.226 e. The summed E-state index contributed by atoms with van der Waals surface area (Å²) in [5.74, 6) is 0.251. The molecule has 0 saturated carbocycles. The summed E-state index contributed by atoms with van der Waals surface area (Å²) in [4.78, 5) is 12.4. The highest BCUT2D eigenvalue weighted by Crippen LogP contribution is 2.45. The summed E-state index contributed by atoms with van der Waals surface area (Å²) >= 11 is 12.8. The minimum absolute atomic E-state index is 0.0357. The Labute approximate surface area is 161 Å². The zero-order valence-electron chi connectivity index (χ0n) is 14.0. The molecule has 0 radical (unpaired) electrons. The van der Waals surface area contributed by atoms with Gasteiger partial charge in [0.25, 0.3) is 0 Å². The van der Waals surface area contributed by atoms with Crippen molar-refractivity contribution in [3.8, 4) is 0 Å². The van der Waals surface area contributed by atoms with Crippen molar-refractivity contribution < 1.29 is 13.2 Å². The van der Waals surface area contributed by atoms with Crippen LogP contribution in [0, 0.1) is 6.92 Å². The van der Waals surface area contributed by atoms with Crippen molar-refractivity contribution in [2.45, 2.75) is 31.7 Å². The van der Waals surface area contributed by atoms with Crippen molar-refractivity contribution in [3.63, 3.8) is 0 Å². The largest absolute Gasteiger partial charge is 0.311 e. The average Bonchev–Trinajstić information content (AvgIpc) is 3.06. The lowest BCUT2D eigenvalue weighted by Gasteiger charge is -2.26. The van der Waals surface area contributed by atoms with Gasteiger partial charge in [-0.15, -0.1) is 0 Å². The van der Waals surface area contributed by atoms with Gasteiger partial charge in [0, 0.05) is 27.9 Å². The van der Waals surface area contributed by atoms with Gasteiger partial charge in [-0.2, -0.15) is 5.10 Å². The van der Waals surface area contributed by atoms with Gasteiger partial charge in [-0.3, -0.25) is 4.79 Å². The lowest BCUT2D eigenvalue weighted by molar-refractivity contribution is -0.116. The van der Waals surface area contributed by atoms with E-state index in [1.807, 2.05) is 6.92 Å². The molecule has 2 aliphatic rings. The molecule has 0 aliphatic carbocycles. The molecule has 0 bridgehead atoms. The summed E-state index contributed by atoms with van der Waals surface area (Å²) in [6, 6.07) is 4.98. The Hall–Kier alpha value is -1.57. The minimum Gasteiger partial charge on any atom is -0.311 e. The van der Waals surface area contributed by atoms with Crippen LogP contribution in [-0.2, 0) is 14.6 Å². The maximum atomic E-state index is 12.4. The number of anilines is 1. The molecule has 1 N–H and O–H groups in total. The van der Waals surface area contributed by atoms with E-state index in [-0.39, 0.29) is 35.8 Å². The summed E-state index contributed by atoms with van der Waals surface area (Å²) in [5, 5.41) is 8.43. The third-order valence-corrected chi connectivity index (χ3v) is 7.44. The lowest BCUT2D eigenvalue weighted by atomic mass is 9.85. The molecule has 6 nitrogen and oxygen atoms in total. The predicted octanol–water partition coefficient (Wildman–Crippen LogP) is 3.33. The van der Waals surface area contributed by atoms with Gasteiger partial charge in [0.15, 0.2) is 9.84 Å². The number of carbonyl (C=O) groups is 1. The summed E-state index contributed by atoms with van der Waals surface area (Å²) in [6.45, 7) is 1.86. The molecule has 138 valence electrons. The first-order chi connectivity index (χ1) is 12.3. The van der Waals surface area contributed by atoms with Crippen LogP contribution in [0.4, 0.5) is 5.82 Å². The topological polar surface area (TPSA) is 81.1 Å². The molecule has 2 aliphatic heterocycles.